The number of nitrogens with one attached hydrogen (secondary N) is 2. The maximum Gasteiger partial charge on any atom is 0.268 e. The van der Waals surface area contributed by atoms with Crippen LogP contribution in [0.3, 0.4) is 0 Å². The minimum Gasteiger partial charge on any atom is -0.351 e. The molecule has 1 aliphatic heterocycles. The van der Waals surface area contributed by atoms with Crippen molar-refractivity contribution in [1.82, 2.24) is 15.2 Å². The van der Waals surface area contributed by atoms with Gasteiger partial charge in [-0.15, -0.1) is 0 Å². The van der Waals surface area contributed by atoms with Gasteiger partial charge >= 0.3 is 0 Å². The number of rotatable bonds is 2. The molecule has 1 fully saturated rings. The number of nitrogens with zero attached hydrogens (tertiary/aromatic N) is 1. The molecule has 21 heavy (non-hydrogen) atoms. The van der Waals surface area contributed by atoms with E-state index in [-0.39, 0.29) is 29.3 Å². The van der Waals surface area contributed by atoms with Gasteiger partial charge in [0, 0.05) is 19.7 Å². The summed E-state index contributed by atoms with van der Waals surface area (Å²) in [5.41, 5.74) is 1.54. The Balaban J connectivity index is 2.17. The van der Waals surface area contributed by atoms with Gasteiger partial charge in [0.05, 0.1) is 12.1 Å². The van der Waals surface area contributed by atoms with E-state index in [1.165, 1.54) is 0 Å². The zero-order valence-corrected chi connectivity index (χ0v) is 13.5. The molecule has 5 heteroatoms. The van der Waals surface area contributed by atoms with Crippen molar-refractivity contribution in [2.75, 3.05) is 0 Å². The van der Waals surface area contributed by atoms with Gasteiger partial charge in [-0.2, -0.15) is 0 Å². The molecular weight excluding hydrogens is 266 g/mol. The minimum absolute atomic E-state index is 0.0375. The number of carbonyl (C=O) groups is 2. The van der Waals surface area contributed by atoms with E-state index in [4.69, 9.17) is 0 Å². The molecule has 0 radical (unpaired) electrons. The molecule has 116 valence electrons. The van der Waals surface area contributed by atoms with Crippen LogP contribution in [0.15, 0.2) is 12.3 Å². The first-order chi connectivity index (χ1) is 9.70. The van der Waals surface area contributed by atoms with Gasteiger partial charge < -0.3 is 15.2 Å². The Morgan fingerprint density at radius 2 is 2.10 bits per heavy atom. The molecule has 0 bridgehead atoms. The molecular formula is C16H25N3O2. The maximum atomic E-state index is 12.5. The second kappa shape index (κ2) is 5.54. The number of amides is 2. The Hall–Kier alpha value is -1.78. The standard InChI is InChI=1S/C16H25N3O2/c1-10-8-9-19(5)13(10)15(21)17-11-6-7-12(20)18-14(11)16(2,3)4/h8-9,11,14H,6-7H2,1-5H3,(H,17,21)(H,18,20)/t11-,14-/m1/s1. The monoisotopic (exact) mass is 291 g/mol. The summed E-state index contributed by atoms with van der Waals surface area (Å²) in [6, 6.07) is 1.84. The average Bonchev–Trinajstić information content (AvgIpc) is 2.70. The molecule has 2 amide bonds. The molecule has 2 atom stereocenters. The predicted molar refractivity (Wildman–Crippen MR) is 82.0 cm³/mol. The Kier molecular flexibility index (Phi) is 4.12. The van der Waals surface area contributed by atoms with Crippen LogP contribution >= 0.6 is 0 Å². The predicted octanol–water partition coefficient (Wildman–Crippen LogP) is 1.76. The van der Waals surface area contributed by atoms with Crippen molar-refractivity contribution in [3.05, 3.63) is 23.5 Å². The lowest BCUT2D eigenvalue weighted by atomic mass is 9.78. The molecule has 1 aliphatic rings. The Bertz CT molecular complexity index is 535. The van der Waals surface area contributed by atoms with Crippen LogP contribution in [-0.4, -0.2) is 28.5 Å². The van der Waals surface area contributed by atoms with Crippen LogP contribution in [-0.2, 0) is 11.8 Å². The Labute approximate surface area is 126 Å². The second-order valence-corrected chi connectivity index (χ2v) is 6.99. The first-order valence-corrected chi connectivity index (χ1v) is 7.42. The lowest BCUT2D eigenvalue weighted by Gasteiger charge is -2.41. The lowest BCUT2D eigenvalue weighted by Crippen LogP contribution is -2.60. The van der Waals surface area contributed by atoms with Crippen molar-refractivity contribution >= 4 is 11.8 Å². The van der Waals surface area contributed by atoms with E-state index in [1.54, 1.807) is 0 Å². The van der Waals surface area contributed by atoms with E-state index < -0.39 is 0 Å². The highest BCUT2D eigenvalue weighted by molar-refractivity contribution is 5.94. The van der Waals surface area contributed by atoms with Gasteiger partial charge in [0.15, 0.2) is 0 Å². The fraction of sp³-hybridized carbons (Fsp3) is 0.625. The molecule has 2 heterocycles. The molecule has 0 unspecified atom stereocenters. The maximum absolute atomic E-state index is 12.5. The summed E-state index contributed by atoms with van der Waals surface area (Å²) in [5, 5.41) is 6.13. The normalized spacial score (nSPS) is 22.8. The van der Waals surface area contributed by atoms with E-state index >= 15 is 0 Å². The topological polar surface area (TPSA) is 63.1 Å². The second-order valence-electron chi connectivity index (χ2n) is 6.99. The van der Waals surface area contributed by atoms with E-state index in [1.807, 2.05) is 30.8 Å². The summed E-state index contributed by atoms with van der Waals surface area (Å²) < 4.78 is 1.83. The van der Waals surface area contributed by atoms with Crippen LogP contribution in [0.25, 0.3) is 0 Å². The van der Waals surface area contributed by atoms with Crippen LogP contribution in [0, 0.1) is 12.3 Å². The molecule has 1 aromatic rings. The van der Waals surface area contributed by atoms with Crippen molar-refractivity contribution in [3.8, 4) is 0 Å². The first-order valence-electron chi connectivity index (χ1n) is 7.42. The van der Waals surface area contributed by atoms with E-state index in [2.05, 4.69) is 31.4 Å². The number of piperidine rings is 1. The molecule has 2 rings (SSSR count). The van der Waals surface area contributed by atoms with Gasteiger partial charge in [0.25, 0.3) is 5.91 Å². The third-order valence-corrected chi connectivity index (χ3v) is 4.14. The number of aryl methyl sites for hydroxylation is 2. The summed E-state index contributed by atoms with van der Waals surface area (Å²) in [7, 11) is 1.87. The van der Waals surface area contributed by atoms with Crippen molar-refractivity contribution in [2.45, 2.75) is 52.6 Å². The van der Waals surface area contributed by atoms with Crippen molar-refractivity contribution in [3.63, 3.8) is 0 Å². The number of carbonyl (C=O) groups excluding carboxylic acids is 2. The highest BCUT2D eigenvalue weighted by Gasteiger charge is 2.37. The lowest BCUT2D eigenvalue weighted by molar-refractivity contribution is -0.125. The quantitative estimate of drug-likeness (QED) is 0.872. The zero-order chi connectivity index (χ0) is 15.8. The molecule has 0 spiro atoms. The van der Waals surface area contributed by atoms with Gasteiger partial charge in [-0.1, -0.05) is 20.8 Å². The summed E-state index contributed by atoms with van der Waals surface area (Å²) in [5.74, 6) is -0.00845. The van der Waals surface area contributed by atoms with Crippen LogP contribution in [0.4, 0.5) is 0 Å². The van der Waals surface area contributed by atoms with Crippen LogP contribution in [0.1, 0.15) is 49.7 Å². The zero-order valence-electron chi connectivity index (χ0n) is 13.5. The molecule has 2 N–H and O–H groups in total. The third kappa shape index (κ3) is 3.28. The van der Waals surface area contributed by atoms with Crippen molar-refractivity contribution in [1.29, 1.82) is 0 Å². The summed E-state index contributed by atoms with van der Waals surface area (Å²) >= 11 is 0. The molecule has 0 saturated carbocycles. The number of hydrogen-bond donors (Lipinski definition) is 2. The van der Waals surface area contributed by atoms with Gasteiger partial charge in [0.2, 0.25) is 5.91 Å². The molecule has 5 nitrogen and oxygen atoms in total. The molecule has 1 saturated heterocycles. The molecule has 1 aromatic heterocycles. The van der Waals surface area contributed by atoms with Gasteiger partial charge in [-0.3, -0.25) is 9.59 Å². The molecule has 0 aromatic carbocycles. The van der Waals surface area contributed by atoms with Crippen LogP contribution in [0.2, 0.25) is 0 Å². The van der Waals surface area contributed by atoms with Gasteiger partial charge in [0.1, 0.15) is 5.69 Å². The van der Waals surface area contributed by atoms with Crippen molar-refractivity contribution < 1.29 is 9.59 Å². The number of aromatic nitrogens is 1. The largest absolute Gasteiger partial charge is 0.351 e. The van der Waals surface area contributed by atoms with Gasteiger partial charge in [-0.05, 0) is 30.4 Å². The smallest absolute Gasteiger partial charge is 0.268 e. The third-order valence-electron chi connectivity index (χ3n) is 4.14. The average molecular weight is 291 g/mol. The molecule has 0 aliphatic carbocycles. The number of hydrogen-bond acceptors (Lipinski definition) is 2. The fourth-order valence-corrected chi connectivity index (χ4v) is 3.01. The van der Waals surface area contributed by atoms with E-state index in [9.17, 15) is 9.59 Å². The summed E-state index contributed by atoms with van der Waals surface area (Å²) in [4.78, 5) is 24.2. The van der Waals surface area contributed by atoms with Crippen LogP contribution in [0.5, 0.6) is 0 Å². The highest BCUT2D eigenvalue weighted by atomic mass is 16.2. The van der Waals surface area contributed by atoms with Gasteiger partial charge in [-0.25, -0.2) is 0 Å². The minimum atomic E-state index is -0.0999. The summed E-state index contributed by atoms with van der Waals surface area (Å²) in [6.07, 6.45) is 3.03. The van der Waals surface area contributed by atoms with E-state index in [0.717, 1.165) is 5.56 Å². The summed E-state index contributed by atoms with van der Waals surface area (Å²) in [6.45, 7) is 8.17. The van der Waals surface area contributed by atoms with E-state index in [0.29, 0.717) is 18.5 Å². The van der Waals surface area contributed by atoms with Crippen molar-refractivity contribution in [2.24, 2.45) is 12.5 Å². The fourth-order valence-electron chi connectivity index (χ4n) is 3.01. The Morgan fingerprint density at radius 3 is 2.62 bits per heavy atom. The highest BCUT2D eigenvalue weighted by Crippen LogP contribution is 2.27. The van der Waals surface area contributed by atoms with Crippen LogP contribution < -0.4 is 10.6 Å². The first kappa shape index (κ1) is 15.6. The SMILES string of the molecule is Cc1ccn(C)c1C(=O)N[C@@H]1CCC(=O)N[C@H]1C(C)(C)C. The Morgan fingerprint density at radius 1 is 1.43 bits per heavy atom.